The van der Waals surface area contributed by atoms with Crippen LogP contribution in [0.3, 0.4) is 0 Å². The summed E-state index contributed by atoms with van der Waals surface area (Å²) in [5.41, 5.74) is 0.494. The van der Waals surface area contributed by atoms with Crippen molar-refractivity contribution in [3.8, 4) is 0 Å². The van der Waals surface area contributed by atoms with Gasteiger partial charge in [0, 0.05) is 26.2 Å². The van der Waals surface area contributed by atoms with Gasteiger partial charge in [0.1, 0.15) is 0 Å². The Kier molecular flexibility index (Phi) is 3.65. The SMILES string of the molecule is CN(CC1CCOC1)CC1(C)CCNC1. The molecule has 0 aromatic heterocycles. The van der Waals surface area contributed by atoms with E-state index in [1.165, 1.54) is 39.0 Å². The van der Waals surface area contributed by atoms with Crippen molar-refractivity contribution in [2.24, 2.45) is 11.3 Å². The second kappa shape index (κ2) is 4.81. The summed E-state index contributed by atoms with van der Waals surface area (Å²) < 4.78 is 5.41. The number of rotatable bonds is 4. The topological polar surface area (TPSA) is 24.5 Å². The number of ether oxygens (including phenoxy) is 1. The minimum atomic E-state index is 0.494. The minimum Gasteiger partial charge on any atom is -0.381 e. The summed E-state index contributed by atoms with van der Waals surface area (Å²) >= 11 is 0. The van der Waals surface area contributed by atoms with Gasteiger partial charge in [0.2, 0.25) is 0 Å². The average Bonchev–Trinajstić information content (AvgIpc) is 2.76. The Balaban J connectivity index is 1.73. The van der Waals surface area contributed by atoms with Gasteiger partial charge in [0.05, 0.1) is 6.61 Å². The molecule has 2 saturated heterocycles. The maximum absolute atomic E-state index is 5.41. The van der Waals surface area contributed by atoms with Crippen molar-refractivity contribution in [2.75, 3.05) is 46.4 Å². The lowest BCUT2D eigenvalue weighted by Gasteiger charge is -2.30. The molecule has 3 heteroatoms. The molecule has 0 saturated carbocycles. The van der Waals surface area contributed by atoms with Crippen LogP contribution in [-0.4, -0.2) is 51.3 Å². The first-order valence-corrected chi connectivity index (χ1v) is 6.15. The van der Waals surface area contributed by atoms with Crippen molar-refractivity contribution in [3.05, 3.63) is 0 Å². The van der Waals surface area contributed by atoms with E-state index in [0.717, 1.165) is 19.1 Å². The summed E-state index contributed by atoms with van der Waals surface area (Å²) in [6, 6.07) is 0. The predicted octanol–water partition coefficient (Wildman–Crippen LogP) is 0.954. The zero-order valence-electron chi connectivity index (χ0n) is 10.1. The number of hydrogen-bond donors (Lipinski definition) is 1. The molecular weight excluding hydrogens is 188 g/mol. The molecule has 0 aliphatic carbocycles. The van der Waals surface area contributed by atoms with Crippen molar-refractivity contribution in [3.63, 3.8) is 0 Å². The third-order valence-electron chi connectivity index (χ3n) is 3.70. The molecule has 2 heterocycles. The zero-order chi connectivity index (χ0) is 10.7. The first kappa shape index (κ1) is 11.4. The summed E-state index contributed by atoms with van der Waals surface area (Å²) in [6.45, 7) is 9.13. The van der Waals surface area contributed by atoms with Crippen molar-refractivity contribution in [1.82, 2.24) is 10.2 Å². The fourth-order valence-corrected chi connectivity index (χ4v) is 2.89. The first-order valence-electron chi connectivity index (χ1n) is 6.15. The molecule has 0 aromatic rings. The Morgan fingerprint density at radius 2 is 2.40 bits per heavy atom. The van der Waals surface area contributed by atoms with E-state index in [2.05, 4.69) is 24.2 Å². The molecule has 88 valence electrons. The van der Waals surface area contributed by atoms with Gasteiger partial charge in [-0.25, -0.2) is 0 Å². The second-order valence-corrected chi connectivity index (χ2v) is 5.66. The van der Waals surface area contributed by atoms with Gasteiger partial charge in [-0.05, 0) is 37.8 Å². The highest BCUT2D eigenvalue weighted by molar-refractivity contribution is 4.86. The maximum Gasteiger partial charge on any atom is 0.0507 e. The highest BCUT2D eigenvalue weighted by atomic mass is 16.5. The molecule has 15 heavy (non-hydrogen) atoms. The van der Waals surface area contributed by atoms with Gasteiger partial charge in [-0.1, -0.05) is 6.92 Å². The van der Waals surface area contributed by atoms with Gasteiger partial charge in [-0.2, -0.15) is 0 Å². The van der Waals surface area contributed by atoms with Gasteiger partial charge < -0.3 is 15.0 Å². The van der Waals surface area contributed by atoms with Gasteiger partial charge in [0.15, 0.2) is 0 Å². The molecule has 2 atom stereocenters. The van der Waals surface area contributed by atoms with Crippen LogP contribution in [0, 0.1) is 11.3 Å². The molecule has 0 amide bonds. The normalized spacial score (nSPS) is 36.6. The third-order valence-corrected chi connectivity index (χ3v) is 3.70. The molecular formula is C12H24N2O. The van der Waals surface area contributed by atoms with E-state index in [9.17, 15) is 0 Å². The third kappa shape index (κ3) is 3.16. The maximum atomic E-state index is 5.41. The number of hydrogen-bond acceptors (Lipinski definition) is 3. The van der Waals surface area contributed by atoms with Crippen molar-refractivity contribution >= 4 is 0 Å². The van der Waals surface area contributed by atoms with Gasteiger partial charge in [-0.15, -0.1) is 0 Å². The lowest BCUT2D eigenvalue weighted by atomic mass is 9.89. The lowest BCUT2D eigenvalue weighted by Crippen LogP contribution is -2.37. The van der Waals surface area contributed by atoms with Crippen molar-refractivity contribution < 1.29 is 4.74 Å². The van der Waals surface area contributed by atoms with Crippen LogP contribution in [0.5, 0.6) is 0 Å². The van der Waals surface area contributed by atoms with Crippen LogP contribution in [0.1, 0.15) is 19.8 Å². The molecule has 2 aliphatic heterocycles. The fourth-order valence-electron chi connectivity index (χ4n) is 2.89. The quantitative estimate of drug-likeness (QED) is 0.751. The first-order chi connectivity index (χ1) is 7.18. The summed E-state index contributed by atoms with van der Waals surface area (Å²) in [7, 11) is 2.25. The standard InChI is InChI=1S/C12H24N2O/c1-12(4-5-13-9-12)10-14(2)7-11-3-6-15-8-11/h11,13H,3-10H2,1-2H3. The van der Waals surface area contributed by atoms with Crippen LogP contribution in [-0.2, 0) is 4.74 Å². The smallest absolute Gasteiger partial charge is 0.0507 e. The summed E-state index contributed by atoms with van der Waals surface area (Å²) in [5, 5.41) is 3.46. The van der Waals surface area contributed by atoms with E-state index in [1.807, 2.05) is 0 Å². The predicted molar refractivity (Wildman–Crippen MR) is 62.0 cm³/mol. The van der Waals surface area contributed by atoms with Gasteiger partial charge in [0.25, 0.3) is 0 Å². The number of nitrogens with zero attached hydrogens (tertiary/aromatic N) is 1. The summed E-state index contributed by atoms with van der Waals surface area (Å²) in [6.07, 6.45) is 2.57. The van der Waals surface area contributed by atoms with Crippen molar-refractivity contribution in [1.29, 1.82) is 0 Å². The molecule has 1 N–H and O–H groups in total. The van der Waals surface area contributed by atoms with Crippen LogP contribution in [0.25, 0.3) is 0 Å². The van der Waals surface area contributed by atoms with Crippen LogP contribution < -0.4 is 5.32 Å². The molecule has 2 aliphatic rings. The summed E-state index contributed by atoms with van der Waals surface area (Å²) in [4.78, 5) is 2.49. The van der Waals surface area contributed by atoms with Crippen LogP contribution >= 0.6 is 0 Å². The minimum absolute atomic E-state index is 0.494. The molecule has 3 nitrogen and oxygen atoms in total. The van der Waals surface area contributed by atoms with E-state index in [-0.39, 0.29) is 0 Å². The molecule has 2 rings (SSSR count). The fraction of sp³-hybridized carbons (Fsp3) is 1.00. The van der Waals surface area contributed by atoms with E-state index >= 15 is 0 Å². The Bertz CT molecular complexity index is 196. The van der Waals surface area contributed by atoms with Crippen LogP contribution in [0.15, 0.2) is 0 Å². The van der Waals surface area contributed by atoms with Crippen molar-refractivity contribution in [2.45, 2.75) is 19.8 Å². The number of nitrogens with one attached hydrogen (secondary N) is 1. The monoisotopic (exact) mass is 212 g/mol. The Morgan fingerprint density at radius 1 is 1.53 bits per heavy atom. The molecule has 2 unspecified atom stereocenters. The molecule has 2 fully saturated rings. The van der Waals surface area contributed by atoms with Gasteiger partial charge >= 0.3 is 0 Å². The lowest BCUT2D eigenvalue weighted by molar-refractivity contribution is 0.156. The molecule has 0 bridgehead atoms. The molecule has 0 aromatic carbocycles. The summed E-state index contributed by atoms with van der Waals surface area (Å²) in [5.74, 6) is 0.771. The van der Waals surface area contributed by atoms with E-state index in [4.69, 9.17) is 4.74 Å². The average molecular weight is 212 g/mol. The Hall–Kier alpha value is -0.120. The Labute approximate surface area is 93.2 Å². The largest absolute Gasteiger partial charge is 0.381 e. The Morgan fingerprint density at radius 3 is 3.00 bits per heavy atom. The second-order valence-electron chi connectivity index (χ2n) is 5.66. The van der Waals surface area contributed by atoms with Crippen LogP contribution in [0.4, 0.5) is 0 Å². The van der Waals surface area contributed by atoms with E-state index < -0.39 is 0 Å². The van der Waals surface area contributed by atoms with Gasteiger partial charge in [-0.3, -0.25) is 0 Å². The molecule has 0 spiro atoms. The van der Waals surface area contributed by atoms with Crippen LogP contribution in [0.2, 0.25) is 0 Å². The van der Waals surface area contributed by atoms with E-state index in [1.54, 1.807) is 0 Å². The van der Waals surface area contributed by atoms with E-state index in [0.29, 0.717) is 5.41 Å². The highest BCUT2D eigenvalue weighted by Crippen LogP contribution is 2.26. The zero-order valence-corrected chi connectivity index (χ0v) is 10.1. The highest BCUT2D eigenvalue weighted by Gasteiger charge is 2.30. The molecule has 0 radical (unpaired) electrons.